The van der Waals surface area contributed by atoms with E-state index >= 15 is 0 Å². The van der Waals surface area contributed by atoms with E-state index in [4.69, 9.17) is 4.98 Å². The number of hydrogen-bond acceptors (Lipinski definition) is 3. The van der Waals surface area contributed by atoms with Crippen molar-refractivity contribution < 1.29 is 0 Å². The van der Waals surface area contributed by atoms with Crippen LogP contribution in [-0.2, 0) is 0 Å². The summed E-state index contributed by atoms with van der Waals surface area (Å²) in [6.45, 7) is 2.97. The van der Waals surface area contributed by atoms with Crippen molar-refractivity contribution in [3.05, 3.63) is 53.5 Å². The number of para-hydroxylation sites is 1. The van der Waals surface area contributed by atoms with E-state index in [0.717, 1.165) is 35.6 Å². The Labute approximate surface area is 117 Å². The summed E-state index contributed by atoms with van der Waals surface area (Å²) in [7, 11) is 0. The van der Waals surface area contributed by atoms with Gasteiger partial charge in [-0.2, -0.15) is 0 Å². The predicted molar refractivity (Wildman–Crippen MR) is 80.0 cm³/mol. The molecule has 1 atom stereocenters. The lowest BCUT2D eigenvalue weighted by Crippen LogP contribution is -2.18. The highest BCUT2D eigenvalue weighted by molar-refractivity contribution is 5.71. The number of benzene rings is 1. The molecule has 0 bridgehead atoms. The van der Waals surface area contributed by atoms with Crippen LogP contribution in [0.25, 0.3) is 11.2 Å². The summed E-state index contributed by atoms with van der Waals surface area (Å²) >= 11 is 0. The Morgan fingerprint density at radius 3 is 2.95 bits per heavy atom. The van der Waals surface area contributed by atoms with E-state index in [2.05, 4.69) is 45.6 Å². The second-order valence-electron chi connectivity index (χ2n) is 5.30. The average molecular weight is 264 g/mol. The van der Waals surface area contributed by atoms with Crippen LogP contribution < -0.4 is 5.32 Å². The van der Waals surface area contributed by atoms with E-state index in [0.29, 0.717) is 5.92 Å². The smallest absolute Gasteiger partial charge is 0.177 e. The molecule has 2 aromatic heterocycles. The minimum atomic E-state index is 0.321. The van der Waals surface area contributed by atoms with E-state index < -0.39 is 0 Å². The van der Waals surface area contributed by atoms with Crippen molar-refractivity contribution in [1.82, 2.24) is 15.0 Å². The first-order valence-electron chi connectivity index (χ1n) is 6.97. The molecule has 20 heavy (non-hydrogen) atoms. The van der Waals surface area contributed by atoms with Gasteiger partial charge in [-0.05, 0) is 37.1 Å². The zero-order chi connectivity index (χ0) is 13.5. The number of anilines is 1. The zero-order valence-corrected chi connectivity index (χ0v) is 11.4. The van der Waals surface area contributed by atoms with Gasteiger partial charge in [-0.3, -0.25) is 0 Å². The van der Waals surface area contributed by atoms with Crippen molar-refractivity contribution >= 4 is 16.9 Å². The number of pyridine rings is 1. The molecule has 0 amide bonds. The van der Waals surface area contributed by atoms with Crippen LogP contribution in [0.4, 0.5) is 5.69 Å². The van der Waals surface area contributed by atoms with Gasteiger partial charge in [0.1, 0.15) is 5.82 Å². The summed E-state index contributed by atoms with van der Waals surface area (Å²) in [5.74, 6) is 1.34. The van der Waals surface area contributed by atoms with Crippen molar-refractivity contribution in [2.24, 2.45) is 0 Å². The monoisotopic (exact) mass is 264 g/mol. The number of aromatic amines is 1. The van der Waals surface area contributed by atoms with Crippen LogP contribution in [0.15, 0.2) is 36.4 Å². The van der Waals surface area contributed by atoms with E-state index in [-0.39, 0.29) is 0 Å². The van der Waals surface area contributed by atoms with Crippen LogP contribution in [0.1, 0.15) is 29.4 Å². The lowest BCUT2D eigenvalue weighted by Gasteiger charge is -2.25. The molecule has 3 aromatic rings. The highest BCUT2D eigenvalue weighted by Crippen LogP contribution is 2.35. The number of aromatic nitrogens is 3. The Bertz CT molecular complexity index is 775. The number of hydrogen-bond donors (Lipinski definition) is 2. The Hall–Kier alpha value is -2.36. The van der Waals surface area contributed by atoms with Crippen molar-refractivity contribution in [3.63, 3.8) is 0 Å². The highest BCUT2D eigenvalue weighted by Gasteiger charge is 2.24. The fraction of sp³-hybridized carbons (Fsp3) is 0.250. The summed E-state index contributed by atoms with van der Waals surface area (Å²) < 4.78 is 0. The molecule has 0 spiro atoms. The number of H-pyrrole nitrogens is 1. The molecular formula is C16H16N4. The standard InChI is InChI=1S/C16H16N4/c1-10-6-7-14-16(18-10)20-15(19-14)12-8-9-17-13-5-3-2-4-11(12)13/h2-7,12,17H,8-9H2,1H3,(H,18,19,20). The maximum atomic E-state index is 4.70. The van der Waals surface area contributed by atoms with Gasteiger partial charge in [0, 0.05) is 23.8 Å². The number of rotatable bonds is 1. The topological polar surface area (TPSA) is 53.6 Å². The number of nitrogens with zero attached hydrogens (tertiary/aromatic N) is 2. The molecule has 1 aliphatic rings. The summed E-state index contributed by atoms with van der Waals surface area (Å²) in [6, 6.07) is 12.5. The minimum absolute atomic E-state index is 0.321. The molecular weight excluding hydrogens is 248 g/mol. The fourth-order valence-electron chi connectivity index (χ4n) is 2.92. The van der Waals surface area contributed by atoms with E-state index in [1.807, 2.05) is 13.0 Å². The molecule has 1 aliphatic heterocycles. The fourth-order valence-corrected chi connectivity index (χ4v) is 2.92. The third kappa shape index (κ3) is 1.76. The molecule has 1 aromatic carbocycles. The van der Waals surface area contributed by atoms with E-state index in [9.17, 15) is 0 Å². The Morgan fingerprint density at radius 1 is 1.10 bits per heavy atom. The molecule has 0 aliphatic carbocycles. The molecule has 100 valence electrons. The molecule has 0 radical (unpaired) electrons. The summed E-state index contributed by atoms with van der Waals surface area (Å²) in [5.41, 5.74) is 5.36. The third-order valence-corrected chi connectivity index (χ3v) is 3.92. The van der Waals surface area contributed by atoms with E-state index in [1.54, 1.807) is 0 Å². The zero-order valence-electron chi connectivity index (χ0n) is 11.4. The molecule has 1 unspecified atom stereocenters. The molecule has 0 saturated heterocycles. The average Bonchev–Trinajstić information content (AvgIpc) is 2.89. The van der Waals surface area contributed by atoms with Crippen molar-refractivity contribution in [2.75, 3.05) is 11.9 Å². The number of fused-ring (bicyclic) bond motifs is 2. The second-order valence-corrected chi connectivity index (χ2v) is 5.30. The van der Waals surface area contributed by atoms with Crippen LogP contribution in [0.3, 0.4) is 0 Å². The first-order chi connectivity index (χ1) is 9.81. The van der Waals surface area contributed by atoms with Crippen molar-refractivity contribution in [3.8, 4) is 0 Å². The van der Waals surface area contributed by atoms with Gasteiger partial charge in [0.2, 0.25) is 0 Å². The number of imidazole rings is 1. The maximum absolute atomic E-state index is 4.70. The van der Waals surface area contributed by atoms with E-state index in [1.165, 1.54) is 11.3 Å². The lowest BCUT2D eigenvalue weighted by atomic mass is 9.90. The first-order valence-corrected chi connectivity index (χ1v) is 6.97. The van der Waals surface area contributed by atoms with Gasteiger partial charge in [0.05, 0.1) is 5.52 Å². The molecule has 0 fully saturated rings. The number of nitrogens with one attached hydrogen (secondary N) is 2. The van der Waals surface area contributed by atoms with Gasteiger partial charge in [-0.15, -0.1) is 0 Å². The Balaban J connectivity index is 1.84. The molecule has 2 N–H and O–H groups in total. The lowest BCUT2D eigenvalue weighted by molar-refractivity contribution is 0.686. The molecule has 4 nitrogen and oxygen atoms in total. The van der Waals surface area contributed by atoms with Gasteiger partial charge in [0.15, 0.2) is 5.65 Å². The molecule has 3 heterocycles. The largest absolute Gasteiger partial charge is 0.385 e. The first kappa shape index (κ1) is 11.5. The SMILES string of the molecule is Cc1ccc2[nH]c(C3CCNc4ccccc43)nc2n1. The Kier molecular flexibility index (Phi) is 2.49. The molecule has 4 rings (SSSR count). The van der Waals surface area contributed by atoms with Gasteiger partial charge in [-0.25, -0.2) is 9.97 Å². The predicted octanol–water partition coefficient (Wildman–Crippen LogP) is 3.21. The summed E-state index contributed by atoms with van der Waals surface area (Å²) in [5, 5.41) is 3.45. The van der Waals surface area contributed by atoms with Crippen molar-refractivity contribution in [1.29, 1.82) is 0 Å². The van der Waals surface area contributed by atoms with Crippen LogP contribution in [0.2, 0.25) is 0 Å². The van der Waals surface area contributed by atoms with Crippen LogP contribution in [0.5, 0.6) is 0 Å². The molecule has 0 saturated carbocycles. The Morgan fingerprint density at radius 2 is 2.00 bits per heavy atom. The van der Waals surface area contributed by atoms with Crippen LogP contribution in [0, 0.1) is 6.92 Å². The van der Waals surface area contributed by atoms with Gasteiger partial charge in [-0.1, -0.05) is 18.2 Å². The summed E-state index contributed by atoms with van der Waals surface area (Å²) in [6.07, 6.45) is 1.05. The van der Waals surface area contributed by atoms with Crippen molar-refractivity contribution in [2.45, 2.75) is 19.3 Å². The van der Waals surface area contributed by atoms with Crippen LogP contribution in [-0.4, -0.2) is 21.5 Å². The number of aryl methyl sites for hydroxylation is 1. The van der Waals surface area contributed by atoms with Gasteiger partial charge >= 0.3 is 0 Å². The highest BCUT2D eigenvalue weighted by atomic mass is 15.0. The maximum Gasteiger partial charge on any atom is 0.177 e. The van der Waals surface area contributed by atoms with Crippen LogP contribution >= 0.6 is 0 Å². The van der Waals surface area contributed by atoms with Gasteiger partial charge in [0.25, 0.3) is 0 Å². The minimum Gasteiger partial charge on any atom is -0.385 e. The third-order valence-electron chi connectivity index (χ3n) is 3.92. The van der Waals surface area contributed by atoms with Gasteiger partial charge < -0.3 is 10.3 Å². The quantitative estimate of drug-likeness (QED) is 0.709. The normalized spacial score (nSPS) is 17.8. The summed E-state index contributed by atoms with van der Waals surface area (Å²) in [4.78, 5) is 12.6. The molecule has 4 heteroatoms. The second kappa shape index (κ2) is 4.34.